The van der Waals surface area contributed by atoms with Crippen LogP contribution in [-0.2, 0) is 13.2 Å². The first kappa shape index (κ1) is 16.8. The molecule has 0 amide bonds. The van der Waals surface area contributed by atoms with Crippen LogP contribution in [0.5, 0.6) is 0 Å². The van der Waals surface area contributed by atoms with Crippen molar-refractivity contribution in [1.29, 1.82) is 0 Å². The number of anilines is 1. The van der Waals surface area contributed by atoms with Gasteiger partial charge in [-0.2, -0.15) is 0 Å². The van der Waals surface area contributed by atoms with Crippen LogP contribution in [0.2, 0.25) is 0 Å². The highest BCUT2D eigenvalue weighted by Crippen LogP contribution is 2.12. The molecule has 0 bridgehead atoms. The molecule has 3 heterocycles. The maximum Gasteiger partial charge on any atom is 0.333 e. The van der Waals surface area contributed by atoms with Crippen molar-refractivity contribution in [2.45, 2.75) is 26.6 Å². The van der Waals surface area contributed by atoms with Crippen molar-refractivity contribution >= 4 is 17.0 Å². The van der Waals surface area contributed by atoms with Crippen LogP contribution in [0, 0.1) is 0 Å². The van der Waals surface area contributed by atoms with E-state index in [1.165, 1.54) is 4.90 Å². The van der Waals surface area contributed by atoms with Gasteiger partial charge < -0.3 is 9.80 Å². The molecule has 1 saturated heterocycles. The van der Waals surface area contributed by atoms with Crippen molar-refractivity contribution < 1.29 is 4.90 Å². The molecule has 2 aromatic heterocycles. The van der Waals surface area contributed by atoms with Gasteiger partial charge in [0.2, 0.25) is 5.95 Å². The Morgan fingerprint density at radius 2 is 1.65 bits per heavy atom. The summed E-state index contributed by atoms with van der Waals surface area (Å²) >= 11 is 0. The number of hydrogen-bond acceptors (Lipinski definition) is 4. The number of benzene rings is 1. The number of aryl methyl sites for hydroxylation is 1. The standard InChI is InChI=1S/C19H24N6O/c1-2-10-24-16-6-3-4-7-17(16)25(19(24)26)15-22-11-13-23(14-12-22)18-20-8-5-9-21-18/h3-9H,2,10-15H2,1H3/p+1. The highest BCUT2D eigenvalue weighted by molar-refractivity contribution is 5.75. The maximum absolute atomic E-state index is 12.9. The molecule has 26 heavy (non-hydrogen) atoms. The fourth-order valence-electron chi connectivity index (χ4n) is 3.72. The Morgan fingerprint density at radius 1 is 1.00 bits per heavy atom. The van der Waals surface area contributed by atoms with Crippen LogP contribution in [0.15, 0.2) is 47.5 Å². The number of hydrogen-bond donors (Lipinski definition) is 1. The molecule has 1 N–H and O–H groups in total. The minimum absolute atomic E-state index is 0.106. The molecular weight excluding hydrogens is 328 g/mol. The quantitative estimate of drug-likeness (QED) is 0.720. The molecule has 1 fully saturated rings. The van der Waals surface area contributed by atoms with Crippen molar-refractivity contribution in [2.75, 3.05) is 31.1 Å². The molecule has 0 aliphatic carbocycles. The van der Waals surface area contributed by atoms with Gasteiger partial charge in [-0.05, 0) is 24.6 Å². The highest BCUT2D eigenvalue weighted by atomic mass is 16.1. The van der Waals surface area contributed by atoms with E-state index >= 15 is 0 Å². The number of para-hydroxylation sites is 2. The largest absolute Gasteiger partial charge is 0.333 e. The van der Waals surface area contributed by atoms with Gasteiger partial charge >= 0.3 is 5.69 Å². The minimum atomic E-state index is 0.106. The molecule has 1 aliphatic rings. The van der Waals surface area contributed by atoms with E-state index in [9.17, 15) is 4.79 Å². The molecule has 136 valence electrons. The lowest BCUT2D eigenvalue weighted by molar-refractivity contribution is -0.923. The van der Waals surface area contributed by atoms with Crippen LogP contribution >= 0.6 is 0 Å². The molecule has 0 unspecified atom stereocenters. The first-order valence-electron chi connectivity index (χ1n) is 9.31. The molecular formula is C19H25N6O+. The van der Waals surface area contributed by atoms with E-state index in [2.05, 4.69) is 27.9 Å². The third-order valence-corrected chi connectivity index (χ3v) is 5.06. The Bertz CT molecular complexity index is 924. The Balaban J connectivity index is 1.52. The smallest absolute Gasteiger partial charge is 0.330 e. The normalized spacial score (nSPS) is 15.7. The van der Waals surface area contributed by atoms with Gasteiger partial charge in [0.15, 0.2) is 6.67 Å². The van der Waals surface area contributed by atoms with Gasteiger partial charge in [0.05, 0.1) is 37.2 Å². The molecule has 1 aliphatic heterocycles. The summed E-state index contributed by atoms with van der Waals surface area (Å²) in [5, 5.41) is 0. The fourth-order valence-corrected chi connectivity index (χ4v) is 3.72. The zero-order valence-corrected chi connectivity index (χ0v) is 15.1. The van der Waals surface area contributed by atoms with E-state index in [0.29, 0.717) is 6.67 Å². The third kappa shape index (κ3) is 3.10. The second kappa shape index (κ2) is 7.29. The zero-order chi connectivity index (χ0) is 17.9. The molecule has 1 aromatic carbocycles. The van der Waals surface area contributed by atoms with Crippen LogP contribution in [0.3, 0.4) is 0 Å². The van der Waals surface area contributed by atoms with Gasteiger partial charge in [0.1, 0.15) is 0 Å². The molecule has 7 heteroatoms. The fraction of sp³-hybridized carbons (Fsp3) is 0.421. The summed E-state index contributed by atoms with van der Waals surface area (Å²) in [7, 11) is 0. The first-order valence-corrected chi connectivity index (χ1v) is 9.31. The summed E-state index contributed by atoms with van der Waals surface area (Å²) in [5.41, 5.74) is 2.18. The number of rotatable bonds is 5. The average molecular weight is 353 g/mol. The second-order valence-electron chi connectivity index (χ2n) is 6.79. The summed E-state index contributed by atoms with van der Waals surface area (Å²) < 4.78 is 3.85. The lowest BCUT2D eigenvalue weighted by Crippen LogP contribution is -3.14. The number of nitrogens with one attached hydrogen (secondary N) is 1. The monoisotopic (exact) mass is 353 g/mol. The molecule has 0 radical (unpaired) electrons. The number of imidazole rings is 1. The van der Waals surface area contributed by atoms with Crippen LogP contribution in [-0.4, -0.2) is 45.3 Å². The van der Waals surface area contributed by atoms with Crippen molar-refractivity contribution in [1.82, 2.24) is 19.1 Å². The van der Waals surface area contributed by atoms with Crippen molar-refractivity contribution in [3.8, 4) is 0 Å². The minimum Gasteiger partial charge on any atom is -0.330 e. The lowest BCUT2D eigenvalue weighted by Gasteiger charge is -2.32. The Kier molecular flexibility index (Phi) is 4.71. The molecule has 0 spiro atoms. The molecule has 3 aromatic rings. The summed E-state index contributed by atoms with van der Waals surface area (Å²) in [6.07, 6.45) is 4.52. The Hall–Kier alpha value is -2.67. The van der Waals surface area contributed by atoms with Gasteiger partial charge in [0, 0.05) is 18.9 Å². The lowest BCUT2D eigenvalue weighted by atomic mass is 10.3. The van der Waals surface area contributed by atoms with E-state index in [0.717, 1.165) is 56.1 Å². The second-order valence-corrected chi connectivity index (χ2v) is 6.79. The summed E-state index contributed by atoms with van der Waals surface area (Å²) in [6.45, 7) is 7.33. The van der Waals surface area contributed by atoms with E-state index in [1.807, 2.05) is 33.4 Å². The van der Waals surface area contributed by atoms with Gasteiger partial charge in [-0.15, -0.1) is 0 Å². The highest BCUT2D eigenvalue weighted by Gasteiger charge is 2.23. The molecule has 4 rings (SSSR count). The van der Waals surface area contributed by atoms with E-state index in [-0.39, 0.29) is 5.69 Å². The maximum atomic E-state index is 12.9. The van der Waals surface area contributed by atoms with E-state index < -0.39 is 0 Å². The SMILES string of the molecule is CCCn1c(=O)n(C[NH+]2CCN(c3ncccn3)CC2)c2ccccc21. The number of nitrogens with zero attached hydrogens (tertiary/aromatic N) is 5. The topological polar surface area (TPSA) is 60.4 Å². The number of piperazine rings is 1. The molecule has 7 nitrogen and oxygen atoms in total. The van der Waals surface area contributed by atoms with Crippen LogP contribution in [0.25, 0.3) is 11.0 Å². The summed E-state index contributed by atoms with van der Waals surface area (Å²) in [4.78, 5) is 25.2. The van der Waals surface area contributed by atoms with Crippen LogP contribution in [0.4, 0.5) is 5.95 Å². The van der Waals surface area contributed by atoms with Gasteiger partial charge in [-0.25, -0.2) is 19.3 Å². The predicted octanol–water partition coefficient (Wildman–Crippen LogP) is 0.366. The van der Waals surface area contributed by atoms with E-state index in [4.69, 9.17) is 0 Å². The molecule has 0 atom stereocenters. The number of quaternary nitrogens is 1. The number of fused-ring (bicyclic) bond motifs is 1. The zero-order valence-electron chi connectivity index (χ0n) is 15.1. The summed E-state index contributed by atoms with van der Waals surface area (Å²) in [6, 6.07) is 9.95. The van der Waals surface area contributed by atoms with Crippen LogP contribution in [0.1, 0.15) is 13.3 Å². The third-order valence-electron chi connectivity index (χ3n) is 5.06. The van der Waals surface area contributed by atoms with Crippen molar-refractivity contribution in [3.05, 3.63) is 53.2 Å². The number of aromatic nitrogens is 4. The van der Waals surface area contributed by atoms with Gasteiger partial charge in [-0.1, -0.05) is 19.1 Å². The van der Waals surface area contributed by atoms with E-state index in [1.54, 1.807) is 12.4 Å². The van der Waals surface area contributed by atoms with Gasteiger partial charge in [-0.3, -0.25) is 4.57 Å². The van der Waals surface area contributed by atoms with Crippen molar-refractivity contribution in [2.24, 2.45) is 0 Å². The van der Waals surface area contributed by atoms with Gasteiger partial charge in [0.25, 0.3) is 0 Å². The predicted molar refractivity (Wildman–Crippen MR) is 101 cm³/mol. The first-order chi connectivity index (χ1) is 12.8. The average Bonchev–Trinajstić information content (AvgIpc) is 2.96. The van der Waals surface area contributed by atoms with Crippen LogP contribution < -0.4 is 15.5 Å². The van der Waals surface area contributed by atoms with Crippen molar-refractivity contribution in [3.63, 3.8) is 0 Å². The Morgan fingerprint density at radius 3 is 2.31 bits per heavy atom. The molecule has 0 saturated carbocycles. The Labute approximate surface area is 152 Å². The summed E-state index contributed by atoms with van der Waals surface area (Å²) in [5.74, 6) is 0.795.